The van der Waals surface area contributed by atoms with Gasteiger partial charge in [0.1, 0.15) is 0 Å². The molecule has 306 valence electrons. The van der Waals surface area contributed by atoms with Gasteiger partial charge in [0, 0.05) is 44.0 Å². The van der Waals surface area contributed by atoms with Gasteiger partial charge in [0.2, 0.25) is 11.8 Å². The summed E-state index contributed by atoms with van der Waals surface area (Å²) in [6.45, 7) is 2.44. The zero-order valence-corrected chi connectivity index (χ0v) is 33.7. The van der Waals surface area contributed by atoms with Gasteiger partial charge in [-0.3, -0.25) is 28.3 Å². The first-order chi connectivity index (χ1) is 28.0. The van der Waals surface area contributed by atoms with Crippen molar-refractivity contribution in [2.24, 2.45) is 5.92 Å². The molecule has 0 spiro atoms. The molecule has 13 heteroatoms. The fourth-order valence-corrected chi connectivity index (χ4v) is 8.76. The number of likely N-dealkylation sites (tertiary alicyclic amines) is 2. The lowest BCUT2D eigenvalue weighted by molar-refractivity contribution is -0.137. The first-order valence-corrected chi connectivity index (χ1v) is 21.0. The molecule has 2 N–H and O–H groups in total. The maximum atomic E-state index is 12.8. The molecule has 1 saturated carbocycles. The molecule has 4 heterocycles. The van der Waals surface area contributed by atoms with Crippen LogP contribution in [0.25, 0.3) is 21.8 Å². The number of aromatic nitrogens is 4. The van der Waals surface area contributed by atoms with Crippen molar-refractivity contribution in [3.63, 3.8) is 0 Å². The summed E-state index contributed by atoms with van der Waals surface area (Å²) < 4.78 is 2.95. The number of piperidine rings is 2. The topological polar surface area (TPSA) is 151 Å². The Hall–Kier alpha value is -4.91. The summed E-state index contributed by atoms with van der Waals surface area (Å²) in [7, 11) is 0. The van der Waals surface area contributed by atoms with Crippen LogP contribution in [0.1, 0.15) is 76.2 Å². The van der Waals surface area contributed by atoms with Crippen LogP contribution < -0.4 is 11.1 Å². The largest absolute Gasteiger partial charge is 0.388 e. The van der Waals surface area contributed by atoms with E-state index in [0.29, 0.717) is 98.0 Å². The van der Waals surface area contributed by atoms with E-state index in [1.165, 1.54) is 47.5 Å². The van der Waals surface area contributed by atoms with Crippen molar-refractivity contribution in [2.45, 2.75) is 101 Å². The average Bonchev–Trinajstić information content (AvgIpc) is 3.76. The van der Waals surface area contributed by atoms with Crippen molar-refractivity contribution >= 4 is 45.2 Å². The number of para-hydroxylation sites is 1. The highest BCUT2D eigenvalue weighted by Crippen LogP contribution is 2.30. The minimum atomic E-state index is -1.04. The normalized spacial score (nSPS) is 17.9. The van der Waals surface area contributed by atoms with Crippen LogP contribution in [-0.4, -0.2) is 88.3 Å². The van der Waals surface area contributed by atoms with Gasteiger partial charge in [-0.2, -0.15) is 0 Å². The molecular formula is C45H53ClN6O6. The van der Waals surface area contributed by atoms with Crippen molar-refractivity contribution < 1.29 is 19.8 Å². The molecule has 8 rings (SSSR count). The Kier molecular flexibility index (Phi) is 13.0. The molecule has 0 atom stereocenters. The summed E-state index contributed by atoms with van der Waals surface area (Å²) in [4.78, 5) is 62.8. The zero-order valence-electron chi connectivity index (χ0n) is 33.0. The summed E-state index contributed by atoms with van der Waals surface area (Å²) >= 11 is 5.96. The highest BCUT2D eigenvalue weighted by Gasteiger charge is 2.36. The smallest absolute Gasteiger partial charge is 0.261 e. The van der Waals surface area contributed by atoms with E-state index in [1.807, 2.05) is 53.4 Å². The number of carbonyl (C=O) groups is 2. The molecule has 0 unspecified atom stereocenters. The number of fused-ring (bicyclic) bond motifs is 2. The third kappa shape index (κ3) is 10.2. The van der Waals surface area contributed by atoms with Gasteiger partial charge in [-0.15, -0.1) is 0 Å². The second kappa shape index (κ2) is 18.3. The third-order valence-electron chi connectivity index (χ3n) is 12.3. The predicted molar refractivity (Wildman–Crippen MR) is 224 cm³/mol. The van der Waals surface area contributed by atoms with Crippen LogP contribution >= 0.6 is 11.6 Å². The molecule has 2 amide bonds. The maximum absolute atomic E-state index is 12.8. The molecule has 3 aromatic carbocycles. The monoisotopic (exact) mass is 808 g/mol. The number of rotatable bonds is 10. The van der Waals surface area contributed by atoms with Gasteiger partial charge >= 0.3 is 0 Å². The summed E-state index contributed by atoms with van der Waals surface area (Å²) in [6, 6.07) is 22.1. The lowest BCUT2D eigenvalue weighted by Crippen LogP contribution is -2.49. The van der Waals surface area contributed by atoms with Crippen LogP contribution in [-0.2, 0) is 29.1 Å². The number of benzene rings is 3. The fourth-order valence-electron chi connectivity index (χ4n) is 8.60. The molecule has 58 heavy (non-hydrogen) atoms. The first-order valence-electron chi connectivity index (χ1n) is 20.6. The Morgan fingerprint density at radius 2 is 1.19 bits per heavy atom. The molecule has 3 aliphatic rings. The van der Waals surface area contributed by atoms with Crippen molar-refractivity contribution in [3.8, 4) is 0 Å². The second-order valence-electron chi connectivity index (χ2n) is 16.4. The van der Waals surface area contributed by atoms with E-state index in [9.17, 15) is 29.4 Å². The molecule has 1 aliphatic carbocycles. The number of hydrogen-bond donors (Lipinski definition) is 2. The Morgan fingerprint density at radius 3 is 1.79 bits per heavy atom. The van der Waals surface area contributed by atoms with Crippen LogP contribution in [0, 0.1) is 5.92 Å². The van der Waals surface area contributed by atoms with Crippen LogP contribution in [0.2, 0.25) is 5.02 Å². The van der Waals surface area contributed by atoms with Gasteiger partial charge in [0.25, 0.3) is 11.1 Å². The van der Waals surface area contributed by atoms with E-state index in [1.54, 1.807) is 29.2 Å². The molecule has 2 aromatic heterocycles. The van der Waals surface area contributed by atoms with E-state index < -0.39 is 11.2 Å². The second-order valence-corrected chi connectivity index (χ2v) is 16.9. The Morgan fingerprint density at radius 1 is 0.672 bits per heavy atom. The lowest BCUT2D eigenvalue weighted by Gasteiger charge is -2.38. The summed E-state index contributed by atoms with van der Waals surface area (Å²) in [6.07, 6.45) is 12.7. The molecule has 0 bridgehead atoms. The molecule has 2 saturated heterocycles. The molecule has 5 aromatic rings. The van der Waals surface area contributed by atoms with E-state index in [4.69, 9.17) is 11.6 Å². The molecule has 3 fully saturated rings. The van der Waals surface area contributed by atoms with Gasteiger partial charge in [0.05, 0.1) is 58.8 Å². The van der Waals surface area contributed by atoms with Crippen molar-refractivity contribution in [1.82, 2.24) is 28.9 Å². The zero-order chi connectivity index (χ0) is 40.7. The van der Waals surface area contributed by atoms with Crippen molar-refractivity contribution in [1.29, 1.82) is 0 Å². The quantitative estimate of drug-likeness (QED) is 0.181. The van der Waals surface area contributed by atoms with Gasteiger partial charge in [-0.05, 0) is 80.3 Å². The minimum Gasteiger partial charge on any atom is -0.388 e. The van der Waals surface area contributed by atoms with Gasteiger partial charge in [-0.1, -0.05) is 79.7 Å². The number of amides is 2. The fraction of sp³-hybridized carbons (Fsp3) is 0.467. The average molecular weight is 809 g/mol. The number of carbonyl (C=O) groups excluding carboxylic acids is 2. The van der Waals surface area contributed by atoms with Crippen LogP contribution in [0.3, 0.4) is 0 Å². The molecule has 0 radical (unpaired) electrons. The molecule has 2 aliphatic heterocycles. The molecule has 12 nitrogen and oxygen atoms in total. The lowest BCUT2D eigenvalue weighted by atomic mass is 9.90. The van der Waals surface area contributed by atoms with Crippen LogP contribution in [0.5, 0.6) is 0 Å². The van der Waals surface area contributed by atoms with Crippen LogP contribution in [0.4, 0.5) is 0 Å². The van der Waals surface area contributed by atoms with E-state index in [-0.39, 0.29) is 36.0 Å². The highest BCUT2D eigenvalue weighted by atomic mass is 35.5. The van der Waals surface area contributed by atoms with E-state index in [2.05, 4.69) is 9.97 Å². The van der Waals surface area contributed by atoms with Gasteiger partial charge < -0.3 is 20.0 Å². The first kappa shape index (κ1) is 41.3. The minimum absolute atomic E-state index is 0.0994. The standard InChI is InChI=1S/C23H24ClN3O3.C22H29N3O3/c24-18-7-8-19-20(14-18)25-16-27(22(19)29)15-23(30)10-12-26(13-11-23)21(28)9-6-17-4-2-1-3-5-17;26-20(10-9-17-5-1-2-6-17)24-13-11-22(28,12-14-24)15-25-16-23-19-8-4-3-7-18(19)21(25)27/h1-5,7-8,14,16,30H,6,9-13,15H2;3-4,7-8,16-17,28H,1-2,5-6,9-15H2. The number of nitrogens with zero attached hydrogens (tertiary/aromatic N) is 6. The Labute approximate surface area is 343 Å². The van der Waals surface area contributed by atoms with Gasteiger partial charge in [-0.25, -0.2) is 9.97 Å². The Bertz CT molecular complexity index is 2330. The maximum Gasteiger partial charge on any atom is 0.261 e. The SMILES string of the molecule is O=C(CCC1CCCC1)N1CCC(O)(Cn2cnc3ccccc3c2=O)CC1.O=C(CCc1ccccc1)N1CCC(O)(Cn2cnc3cc(Cl)ccc3c2=O)CC1. The van der Waals surface area contributed by atoms with E-state index in [0.717, 1.165) is 17.9 Å². The van der Waals surface area contributed by atoms with Crippen molar-refractivity contribution in [3.05, 3.63) is 117 Å². The van der Waals surface area contributed by atoms with E-state index >= 15 is 0 Å². The summed E-state index contributed by atoms with van der Waals surface area (Å²) in [5, 5.41) is 23.6. The number of aryl methyl sites for hydroxylation is 1. The molecular weight excluding hydrogens is 756 g/mol. The van der Waals surface area contributed by atoms with Crippen LogP contribution in [0.15, 0.2) is 95.0 Å². The summed E-state index contributed by atoms with van der Waals surface area (Å²) in [5.41, 5.74) is -0.00440. The number of aliphatic hydroxyl groups is 2. The number of hydrogen-bond acceptors (Lipinski definition) is 8. The highest BCUT2D eigenvalue weighted by molar-refractivity contribution is 6.31. The Balaban J connectivity index is 0.000000177. The summed E-state index contributed by atoms with van der Waals surface area (Å²) in [5.74, 6) is 1.03. The predicted octanol–water partition coefficient (Wildman–Crippen LogP) is 5.76. The van der Waals surface area contributed by atoms with Crippen molar-refractivity contribution in [2.75, 3.05) is 26.2 Å². The number of halogens is 1. The third-order valence-corrected chi connectivity index (χ3v) is 12.5. The van der Waals surface area contributed by atoms with Gasteiger partial charge in [0.15, 0.2) is 0 Å².